The molecule has 1 aliphatic rings. The van der Waals surface area contributed by atoms with Gasteiger partial charge in [0, 0.05) is 5.56 Å². The first-order chi connectivity index (χ1) is 9.78. The van der Waals surface area contributed by atoms with Gasteiger partial charge in [-0.3, -0.25) is 0 Å². The van der Waals surface area contributed by atoms with E-state index in [0.29, 0.717) is 6.61 Å². The molecule has 2 aromatic rings. The lowest BCUT2D eigenvalue weighted by Crippen LogP contribution is -1.99. The molecule has 0 fully saturated rings. The first-order valence-electron chi connectivity index (χ1n) is 6.83. The van der Waals surface area contributed by atoms with E-state index in [-0.39, 0.29) is 6.10 Å². The van der Waals surface area contributed by atoms with Gasteiger partial charge in [-0.15, -0.1) is 0 Å². The van der Waals surface area contributed by atoms with E-state index in [1.54, 1.807) is 7.11 Å². The average Bonchev–Trinajstić information content (AvgIpc) is 2.88. The smallest absolute Gasteiger partial charge is 0.123 e. The number of ether oxygens (including phenoxy) is 2. The number of aliphatic hydroxyl groups is 1. The molecule has 1 N–H and O–H groups in total. The van der Waals surface area contributed by atoms with Crippen LogP contribution in [0.4, 0.5) is 0 Å². The van der Waals surface area contributed by atoms with E-state index in [0.717, 1.165) is 41.0 Å². The third-order valence-electron chi connectivity index (χ3n) is 3.75. The first kappa shape index (κ1) is 13.0. The van der Waals surface area contributed by atoms with Gasteiger partial charge in [0.1, 0.15) is 18.1 Å². The van der Waals surface area contributed by atoms with Gasteiger partial charge in [-0.05, 0) is 42.2 Å². The summed E-state index contributed by atoms with van der Waals surface area (Å²) >= 11 is 0. The zero-order chi connectivity index (χ0) is 13.9. The Morgan fingerprint density at radius 1 is 1.15 bits per heavy atom. The van der Waals surface area contributed by atoms with Gasteiger partial charge < -0.3 is 14.6 Å². The molecule has 0 saturated heterocycles. The SMILES string of the molecule is COc1ccc(COc2cccc3c2CCC3O)cc1. The molecule has 0 spiro atoms. The number of hydrogen-bond acceptors (Lipinski definition) is 3. The van der Waals surface area contributed by atoms with Crippen LogP contribution in [0.15, 0.2) is 42.5 Å². The highest BCUT2D eigenvalue weighted by Crippen LogP contribution is 2.36. The standard InChI is InChI=1S/C17H18O3/c1-19-13-7-5-12(6-8-13)11-20-17-4-2-3-14-15(17)9-10-16(14)18/h2-8,16,18H,9-11H2,1H3. The van der Waals surface area contributed by atoms with Crippen LogP contribution in [0.2, 0.25) is 0 Å². The Balaban J connectivity index is 1.72. The number of fused-ring (bicyclic) bond motifs is 1. The van der Waals surface area contributed by atoms with E-state index < -0.39 is 0 Å². The minimum absolute atomic E-state index is 0.338. The van der Waals surface area contributed by atoms with Crippen molar-refractivity contribution in [1.29, 1.82) is 0 Å². The fraction of sp³-hybridized carbons (Fsp3) is 0.294. The zero-order valence-corrected chi connectivity index (χ0v) is 11.5. The van der Waals surface area contributed by atoms with Crippen LogP contribution in [-0.4, -0.2) is 12.2 Å². The van der Waals surface area contributed by atoms with Gasteiger partial charge in [0.25, 0.3) is 0 Å². The zero-order valence-electron chi connectivity index (χ0n) is 11.5. The Bertz CT molecular complexity index is 590. The van der Waals surface area contributed by atoms with Crippen molar-refractivity contribution < 1.29 is 14.6 Å². The number of benzene rings is 2. The highest BCUT2D eigenvalue weighted by atomic mass is 16.5. The maximum Gasteiger partial charge on any atom is 0.123 e. The van der Waals surface area contributed by atoms with Crippen LogP contribution in [0.3, 0.4) is 0 Å². The number of aliphatic hydroxyl groups excluding tert-OH is 1. The van der Waals surface area contributed by atoms with Gasteiger partial charge in [0.15, 0.2) is 0 Å². The van der Waals surface area contributed by atoms with Crippen molar-refractivity contribution in [1.82, 2.24) is 0 Å². The quantitative estimate of drug-likeness (QED) is 0.926. The van der Waals surface area contributed by atoms with Crippen LogP contribution in [-0.2, 0) is 13.0 Å². The summed E-state index contributed by atoms with van der Waals surface area (Å²) in [5, 5.41) is 9.88. The van der Waals surface area contributed by atoms with E-state index in [9.17, 15) is 5.11 Å². The summed E-state index contributed by atoms with van der Waals surface area (Å²) in [5.41, 5.74) is 3.26. The number of rotatable bonds is 4. The topological polar surface area (TPSA) is 38.7 Å². The monoisotopic (exact) mass is 270 g/mol. The number of hydrogen-bond donors (Lipinski definition) is 1. The fourth-order valence-corrected chi connectivity index (χ4v) is 2.62. The molecular formula is C17H18O3. The predicted octanol–water partition coefficient (Wildman–Crippen LogP) is 3.25. The minimum atomic E-state index is -0.338. The second-order valence-electron chi connectivity index (χ2n) is 5.02. The highest BCUT2D eigenvalue weighted by molar-refractivity contribution is 5.44. The molecule has 0 amide bonds. The predicted molar refractivity (Wildman–Crippen MR) is 77.0 cm³/mol. The van der Waals surface area contributed by atoms with Crippen molar-refractivity contribution in [2.45, 2.75) is 25.6 Å². The van der Waals surface area contributed by atoms with Crippen LogP contribution in [0.25, 0.3) is 0 Å². The van der Waals surface area contributed by atoms with E-state index in [2.05, 4.69) is 0 Å². The lowest BCUT2D eigenvalue weighted by Gasteiger charge is -2.11. The highest BCUT2D eigenvalue weighted by Gasteiger charge is 2.23. The second kappa shape index (κ2) is 5.55. The minimum Gasteiger partial charge on any atom is -0.497 e. The molecule has 0 radical (unpaired) electrons. The van der Waals surface area contributed by atoms with Crippen molar-refractivity contribution in [2.24, 2.45) is 0 Å². The fourth-order valence-electron chi connectivity index (χ4n) is 2.62. The van der Waals surface area contributed by atoms with Crippen molar-refractivity contribution in [3.8, 4) is 11.5 Å². The summed E-state index contributed by atoms with van der Waals surface area (Å²) in [6.45, 7) is 0.524. The Hall–Kier alpha value is -2.00. The lowest BCUT2D eigenvalue weighted by molar-refractivity contribution is 0.180. The van der Waals surface area contributed by atoms with Gasteiger partial charge in [0.2, 0.25) is 0 Å². The van der Waals surface area contributed by atoms with E-state index in [1.807, 2.05) is 42.5 Å². The molecule has 2 aromatic carbocycles. The molecule has 1 aliphatic carbocycles. The molecule has 0 heterocycles. The van der Waals surface area contributed by atoms with E-state index in [1.165, 1.54) is 0 Å². The van der Waals surface area contributed by atoms with Gasteiger partial charge in [0.05, 0.1) is 13.2 Å². The normalized spacial score (nSPS) is 16.8. The molecule has 1 atom stereocenters. The summed E-state index contributed by atoms with van der Waals surface area (Å²) in [5.74, 6) is 1.73. The van der Waals surface area contributed by atoms with Crippen LogP contribution in [0, 0.1) is 0 Å². The van der Waals surface area contributed by atoms with Crippen molar-refractivity contribution >= 4 is 0 Å². The summed E-state index contributed by atoms with van der Waals surface area (Å²) in [6, 6.07) is 13.7. The van der Waals surface area contributed by atoms with Crippen LogP contribution < -0.4 is 9.47 Å². The summed E-state index contributed by atoms with van der Waals surface area (Å²) < 4.78 is 11.0. The summed E-state index contributed by atoms with van der Waals surface area (Å²) in [4.78, 5) is 0. The molecule has 0 saturated carbocycles. The maximum absolute atomic E-state index is 9.88. The summed E-state index contributed by atoms with van der Waals surface area (Å²) in [7, 11) is 1.66. The largest absolute Gasteiger partial charge is 0.497 e. The van der Waals surface area contributed by atoms with Crippen molar-refractivity contribution in [3.05, 3.63) is 59.2 Å². The van der Waals surface area contributed by atoms with Gasteiger partial charge >= 0.3 is 0 Å². The molecule has 104 valence electrons. The molecule has 0 bridgehead atoms. The van der Waals surface area contributed by atoms with Crippen LogP contribution >= 0.6 is 0 Å². The van der Waals surface area contributed by atoms with Crippen LogP contribution in [0.1, 0.15) is 29.2 Å². The van der Waals surface area contributed by atoms with Gasteiger partial charge in [-0.2, -0.15) is 0 Å². The Morgan fingerprint density at radius 3 is 2.70 bits per heavy atom. The molecule has 1 unspecified atom stereocenters. The third-order valence-corrected chi connectivity index (χ3v) is 3.75. The van der Waals surface area contributed by atoms with Gasteiger partial charge in [-0.1, -0.05) is 24.3 Å². The average molecular weight is 270 g/mol. The molecule has 20 heavy (non-hydrogen) atoms. The molecule has 3 heteroatoms. The third kappa shape index (κ3) is 2.49. The number of methoxy groups -OCH3 is 1. The Labute approximate surface area is 118 Å². The van der Waals surface area contributed by atoms with E-state index >= 15 is 0 Å². The van der Waals surface area contributed by atoms with Crippen molar-refractivity contribution in [2.75, 3.05) is 7.11 Å². The summed E-state index contributed by atoms with van der Waals surface area (Å²) in [6.07, 6.45) is 1.34. The Morgan fingerprint density at radius 2 is 1.95 bits per heavy atom. The molecule has 0 aliphatic heterocycles. The second-order valence-corrected chi connectivity index (χ2v) is 5.02. The lowest BCUT2D eigenvalue weighted by atomic mass is 10.1. The van der Waals surface area contributed by atoms with E-state index in [4.69, 9.17) is 9.47 Å². The Kier molecular flexibility index (Phi) is 3.61. The van der Waals surface area contributed by atoms with Crippen LogP contribution in [0.5, 0.6) is 11.5 Å². The van der Waals surface area contributed by atoms with Crippen molar-refractivity contribution in [3.63, 3.8) is 0 Å². The van der Waals surface area contributed by atoms with Gasteiger partial charge in [-0.25, -0.2) is 0 Å². The molecule has 0 aromatic heterocycles. The molecular weight excluding hydrogens is 252 g/mol. The molecule has 3 nitrogen and oxygen atoms in total. The molecule has 3 rings (SSSR count). The maximum atomic E-state index is 9.88. The first-order valence-corrected chi connectivity index (χ1v) is 6.83.